The average Bonchev–Trinajstić information content (AvgIpc) is 2.86. The highest BCUT2D eigenvalue weighted by Gasteiger charge is 2.30. The number of amides is 1. The summed E-state index contributed by atoms with van der Waals surface area (Å²) < 4.78 is 0. The van der Waals surface area contributed by atoms with Crippen LogP contribution >= 0.6 is 0 Å². The molecular weight excluding hydrogens is 256 g/mol. The van der Waals surface area contributed by atoms with Gasteiger partial charge in [-0.1, -0.05) is 24.3 Å². The quantitative estimate of drug-likeness (QED) is 0.838. The summed E-state index contributed by atoms with van der Waals surface area (Å²) in [5.41, 5.74) is 1.55. The zero-order valence-corrected chi connectivity index (χ0v) is 11.6. The number of carboxylic acids is 1. The maximum absolute atomic E-state index is 12.4. The molecule has 1 aliphatic heterocycles. The Hall–Kier alpha value is -2.14. The molecule has 1 aromatic carbocycles. The van der Waals surface area contributed by atoms with Gasteiger partial charge in [-0.25, -0.2) is 4.79 Å². The molecule has 0 spiro atoms. The molecule has 1 heterocycles. The molecule has 2 rings (SSSR count). The monoisotopic (exact) mass is 274 g/mol. The van der Waals surface area contributed by atoms with E-state index in [9.17, 15) is 9.59 Å². The van der Waals surface area contributed by atoms with Crippen LogP contribution in [-0.2, 0) is 11.3 Å². The van der Waals surface area contributed by atoms with Crippen molar-refractivity contribution in [3.8, 4) is 0 Å². The van der Waals surface area contributed by atoms with Crippen molar-refractivity contribution in [2.75, 3.05) is 20.6 Å². The highest BCUT2D eigenvalue weighted by molar-refractivity contribution is 5.97. The standard InChI is InChI=1S/C15H18N2O3/c1-16(2)10-11-5-3-6-12(9-11)14(18)17-8-4-7-13(17)15(19)20/h3-7,9,13H,8,10H2,1-2H3,(H,19,20). The molecule has 1 aliphatic rings. The van der Waals surface area contributed by atoms with Crippen LogP contribution < -0.4 is 0 Å². The topological polar surface area (TPSA) is 60.9 Å². The lowest BCUT2D eigenvalue weighted by atomic mass is 10.1. The van der Waals surface area contributed by atoms with Crippen molar-refractivity contribution in [3.05, 3.63) is 47.5 Å². The van der Waals surface area contributed by atoms with Crippen LogP contribution in [0.2, 0.25) is 0 Å². The summed E-state index contributed by atoms with van der Waals surface area (Å²) in [6, 6.07) is 6.46. The fourth-order valence-corrected chi connectivity index (χ4v) is 2.28. The van der Waals surface area contributed by atoms with E-state index in [1.807, 2.05) is 37.2 Å². The SMILES string of the molecule is CN(C)Cc1cccc(C(=O)N2CC=CC2C(=O)O)c1. The molecule has 0 saturated carbocycles. The maximum atomic E-state index is 12.4. The van der Waals surface area contributed by atoms with Crippen molar-refractivity contribution >= 4 is 11.9 Å². The van der Waals surface area contributed by atoms with Crippen LogP contribution in [0.1, 0.15) is 15.9 Å². The van der Waals surface area contributed by atoms with E-state index in [1.54, 1.807) is 18.2 Å². The summed E-state index contributed by atoms with van der Waals surface area (Å²) in [4.78, 5) is 26.9. The largest absolute Gasteiger partial charge is 0.479 e. The first-order valence-electron chi connectivity index (χ1n) is 6.43. The van der Waals surface area contributed by atoms with Crippen LogP contribution in [0.25, 0.3) is 0 Å². The Morgan fingerprint density at radius 3 is 2.80 bits per heavy atom. The molecule has 0 aromatic heterocycles. The summed E-state index contributed by atoms with van der Waals surface area (Å²) in [5, 5.41) is 9.10. The first-order valence-corrected chi connectivity index (χ1v) is 6.43. The van der Waals surface area contributed by atoms with E-state index in [4.69, 9.17) is 5.11 Å². The third-order valence-corrected chi connectivity index (χ3v) is 3.14. The minimum atomic E-state index is -1.00. The predicted molar refractivity (Wildman–Crippen MR) is 75.4 cm³/mol. The van der Waals surface area contributed by atoms with E-state index < -0.39 is 12.0 Å². The third kappa shape index (κ3) is 3.05. The lowest BCUT2D eigenvalue weighted by Crippen LogP contribution is -2.40. The van der Waals surface area contributed by atoms with Gasteiger partial charge >= 0.3 is 5.97 Å². The maximum Gasteiger partial charge on any atom is 0.330 e. The van der Waals surface area contributed by atoms with Crippen molar-refractivity contribution < 1.29 is 14.7 Å². The lowest BCUT2D eigenvalue weighted by molar-refractivity contribution is -0.140. The van der Waals surface area contributed by atoms with E-state index in [1.165, 1.54) is 4.90 Å². The number of hydrogen-bond acceptors (Lipinski definition) is 3. The summed E-state index contributed by atoms with van der Waals surface area (Å²) >= 11 is 0. The summed E-state index contributed by atoms with van der Waals surface area (Å²) in [6.07, 6.45) is 3.25. The van der Waals surface area contributed by atoms with Gasteiger partial charge in [0, 0.05) is 18.7 Å². The van der Waals surface area contributed by atoms with Crippen LogP contribution in [0, 0.1) is 0 Å². The predicted octanol–water partition coefficient (Wildman–Crippen LogP) is 1.21. The Morgan fingerprint density at radius 1 is 1.40 bits per heavy atom. The van der Waals surface area contributed by atoms with Crippen LogP contribution in [0.15, 0.2) is 36.4 Å². The van der Waals surface area contributed by atoms with E-state index >= 15 is 0 Å². The van der Waals surface area contributed by atoms with Crippen LogP contribution in [0.4, 0.5) is 0 Å². The molecule has 1 aromatic rings. The molecule has 1 N–H and O–H groups in total. The minimum absolute atomic E-state index is 0.247. The molecule has 0 bridgehead atoms. The Labute approximate surface area is 118 Å². The molecule has 0 aliphatic carbocycles. The average molecular weight is 274 g/mol. The molecule has 0 radical (unpaired) electrons. The number of rotatable bonds is 4. The first kappa shape index (κ1) is 14.3. The van der Waals surface area contributed by atoms with Gasteiger partial charge in [0.15, 0.2) is 0 Å². The summed E-state index contributed by atoms with van der Waals surface area (Å²) in [7, 11) is 3.92. The van der Waals surface area contributed by atoms with E-state index in [2.05, 4.69) is 0 Å². The number of carboxylic acid groups (broad SMARTS) is 1. The number of benzene rings is 1. The zero-order chi connectivity index (χ0) is 14.7. The molecule has 1 atom stereocenters. The Morgan fingerprint density at radius 2 is 2.15 bits per heavy atom. The molecular formula is C15H18N2O3. The Bertz CT molecular complexity index is 552. The Kier molecular flexibility index (Phi) is 4.20. The highest BCUT2D eigenvalue weighted by atomic mass is 16.4. The number of carbonyl (C=O) groups excluding carboxylic acids is 1. The molecule has 1 amide bonds. The van der Waals surface area contributed by atoms with Gasteiger partial charge in [0.1, 0.15) is 6.04 Å². The fourth-order valence-electron chi connectivity index (χ4n) is 2.28. The first-order chi connectivity index (χ1) is 9.49. The molecule has 0 fully saturated rings. The number of hydrogen-bond donors (Lipinski definition) is 1. The Balaban J connectivity index is 2.19. The number of nitrogens with zero attached hydrogens (tertiary/aromatic N) is 2. The molecule has 1 unspecified atom stereocenters. The van der Waals surface area contributed by atoms with Crippen LogP contribution in [-0.4, -0.2) is 53.5 Å². The smallest absolute Gasteiger partial charge is 0.330 e. The molecule has 5 nitrogen and oxygen atoms in total. The number of aliphatic carboxylic acids is 1. The molecule has 20 heavy (non-hydrogen) atoms. The van der Waals surface area contributed by atoms with Crippen molar-refractivity contribution in [1.29, 1.82) is 0 Å². The molecule has 0 saturated heterocycles. The summed E-state index contributed by atoms with van der Waals surface area (Å²) in [6.45, 7) is 1.08. The summed E-state index contributed by atoms with van der Waals surface area (Å²) in [5.74, 6) is -1.25. The van der Waals surface area contributed by atoms with Gasteiger partial charge in [0.2, 0.25) is 0 Å². The van der Waals surface area contributed by atoms with E-state index in [-0.39, 0.29) is 5.91 Å². The van der Waals surface area contributed by atoms with Gasteiger partial charge in [-0.05, 0) is 31.8 Å². The van der Waals surface area contributed by atoms with Crippen molar-refractivity contribution in [1.82, 2.24) is 9.80 Å². The lowest BCUT2D eigenvalue weighted by Gasteiger charge is -2.21. The van der Waals surface area contributed by atoms with Gasteiger partial charge in [-0.2, -0.15) is 0 Å². The second kappa shape index (κ2) is 5.88. The van der Waals surface area contributed by atoms with Crippen LogP contribution in [0.5, 0.6) is 0 Å². The second-order valence-corrected chi connectivity index (χ2v) is 5.11. The fraction of sp³-hybridized carbons (Fsp3) is 0.333. The van der Waals surface area contributed by atoms with E-state index in [0.29, 0.717) is 12.1 Å². The van der Waals surface area contributed by atoms with Gasteiger partial charge in [0.05, 0.1) is 0 Å². The third-order valence-electron chi connectivity index (χ3n) is 3.14. The van der Waals surface area contributed by atoms with Gasteiger partial charge in [-0.3, -0.25) is 4.79 Å². The van der Waals surface area contributed by atoms with Crippen molar-refractivity contribution in [3.63, 3.8) is 0 Å². The van der Waals surface area contributed by atoms with Crippen LogP contribution in [0.3, 0.4) is 0 Å². The zero-order valence-electron chi connectivity index (χ0n) is 11.6. The van der Waals surface area contributed by atoms with Gasteiger partial charge < -0.3 is 14.9 Å². The highest BCUT2D eigenvalue weighted by Crippen LogP contribution is 2.16. The number of carbonyl (C=O) groups is 2. The molecule has 5 heteroatoms. The van der Waals surface area contributed by atoms with Crippen molar-refractivity contribution in [2.24, 2.45) is 0 Å². The second-order valence-electron chi connectivity index (χ2n) is 5.11. The van der Waals surface area contributed by atoms with Gasteiger partial charge in [0.25, 0.3) is 5.91 Å². The van der Waals surface area contributed by atoms with Crippen molar-refractivity contribution in [2.45, 2.75) is 12.6 Å². The molecule has 106 valence electrons. The normalized spacial score (nSPS) is 17.8. The minimum Gasteiger partial charge on any atom is -0.479 e. The van der Waals surface area contributed by atoms with Gasteiger partial charge in [-0.15, -0.1) is 0 Å². The van der Waals surface area contributed by atoms with E-state index in [0.717, 1.165) is 12.1 Å².